The number of aromatic nitrogens is 2. The zero-order valence-electron chi connectivity index (χ0n) is 15.2. The number of pyridine rings is 1. The molecular weight excluding hydrogens is 352 g/mol. The Balaban J connectivity index is 2.10. The normalized spacial score (nSPS) is 11.2. The third-order valence-corrected chi connectivity index (χ3v) is 4.64. The SMILES string of the molecule is COC(=O)c1cccc(Cc2c(C(C)C)[nH]c3cc(OC)c(Cl)cc23)n1. The smallest absolute Gasteiger partial charge is 0.356 e. The highest BCUT2D eigenvalue weighted by Crippen LogP contribution is 2.35. The molecule has 3 rings (SSSR count). The molecule has 0 bridgehead atoms. The minimum Gasteiger partial charge on any atom is -0.495 e. The summed E-state index contributed by atoms with van der Waals surface area (Å²) < 4.78 is 10.1. The summed E-state index contributed by atoms with van der Waals surface area (Å²) in [4.78, 5) is 19.7. The fraction of sp³-hybridized carbons (Fsp3) is 0.300. The molecule has 0 unspecified atom stereocenters. The van der Waals surface area contributed by atoms with Crippen molar-refractivity contribution < 1.29 is 14.3 Å². The van der Waals surface area contributed by atoms with Crippen molar-refractivity contribution in [3.63, 3.8) is 0 Å². The molecule has 0 aliphatic carbocycles. The highest BCUT2D eigenvalue weighted by Gasteiger charge is 2.18. The van der Waals surface area contributed by atoms with Gasteiger partial charge >= 0.3 is 5.97 Å². The van der Waals surface area contributed by atoms with Crippen LogP contribution in [-0.4, -0.2) is 30.2 Å². The van der Waals surface area contributed by atoms with E-state index in [-0.39, 0.29) is 0 Å². The molecule has 5 nitrogen and oxygen atoms in total. The first-order valence-electron chi connectivity index (χ1n) is 8.36. The van der Waals surface area contributed by atoms with Crippen molar-refractivity contribution in [1.29, 1.82) is 0 Å². The van der Waals surface area contributed by atoms with Crippen LogP contribution >= 0.6 is 11.6 Å². The average Bonchev–Trinajstić information content (AvgIpc) is 2.98. The molecule has 26 heavy (non-hydrogen) atoms. The van der Waals surface area contributed by atoms with Crippen molar-refractivity contribution in [3.8, 4) is 5.75 Å². The average molecular weight is 373 g/mol. The fourth-order valence-electron chi connectivity index (χ4n) is 3.09. The van der Waals surface area contributed by atoms with Gasteiger partial charge in [0.1, 0.15) is 11.4 Å². The second-order valence-electron chi connectivity index (χ2n) is 6.39. The van der Waals surface area contributed by atoms with Crippen LogP contribution in [0.2, 0.25) is 5.02 Å². The third-order valence-electron chi connectivity index (χ3n) is 4.35. The lowest BCUT2D eigenvalue weighted by molar-refractivity contribution is 0.0593. The molecule has 0 aliphatic heterocycles. The number of ether oxygens (including phenoxy) is 2. The molecule has 0 fully saturated rings. The quantitative estimate of drug-likeness (QED) is 0.658. The summed E-state index contributed by atoms with van der Waals surface area (Å²) >= 11 is 6.34. The summed E-state index contributed by atoms with van der Waals surface area (Å²) in [7, 11) is 2.95. The summed E-state index contributed by atoms with van der Waals surface area (Å²) in [5.74, 6) is 0.488. The van der Waals surface area contributed by atoms with Gasteiger partial charge < -0.3 is 14.5 Å². The van der Waals surface area contributed by atoms with Crippen LogP contribution in [0.5, 0.6) is 5.75 Å². The fourth-order valence-corrected chi connectivity index (χ4v) is 3.33. The van der Waals surface area contributed by atoms with Crippen molar-refractivity contribution in [2.45, 2.75) is 26.2 Å². The van der Waals surface area contributed by atoms with Gasteiger partial charge in [-0.15, -0.1) is 0 Å². The Kier molecular flexibility index (Phi) is 5.18. The molecule has 0 spiro atoms. The Morgan fingerprint density at radius 2 is 2.04 bits per heavy atom. The number of hydrogen-bond acceptors (Lipinski definition) is 4. The number of carbonyl (C=O) groups excluding carboxylic acids is 1. The summed E-state index contributed by atoms with van der Waals surface area (Å²) in [5, 5.41) is 1.59. The van der Waals surface area contributed by atoms with Crippen LogP contribution in [-0.2, 0) is 11.2 Å². The number of nitrogens with zero attached hydrogens (tertiary/aromatic N) is 1. The lowest BCUT2D eigenvalue weighted by Crippen LogP contribution is -2.06. The molecule has 6 heteroatoms. The Bertz CT molecular complexity index is 963. The van der Waals surface area contributed by atoms with Gasteiger partial charge in [-0.2, -0.15) is 0 Å². The van der Waals surface area contributed by atoms with E-state index in [1.807, 2.05) is 24.3 Å². The number of carbonyl (C=O) groups is 1. The summed E-state index contributed by atoms with van der Waals surface area (Å²) in [6, 6.07) is 9.19. The molecular formula is C20H21ClN2O3. The van der Waals surface area contributed by atoms with Gasteiger partial charge in [0.2, 0.25) is 0 Å². The molecule has 0 radical (unpaired) electrons. The number of esters is 1. The van der Waals surface area contributed by atoms with Crippen LogP contribution in [0.1, 0.15) is 47.2 Å². The van der Waals surface area contributed by atoms with E-state index in [4.69, 9.17) is 21.1 Å². The van der Waals surface area contributed by atoms with Gasteiger partial charge in [0.15, 0.2) is 0 Å². The standard InChI is InChI=1S/C20H21ClN2O3/c1-11(2)19-14(8-12-6-5-7-16(22-12)20(24)26-4)13-9-15(21)18(25-3)10-17(13)23-19/h5-7,9-11,23H,8H2,1-4H3. The van der Waals surface area contributed by atoms with E-state index in [0.29, 0.717) is 28.8 Å². The van der Waals surface area contributed by atoms with Gasteiger partial charge in [0.05, 0.1) is 19.2 Å². The zero-order valence-corrected chi connectivity index (χ0v) is 16.0. The topological polar surface area (TPSA) is 64.2 Å². The van der Waals surface area contributed by atoms with E-state index in [2.05, 4.69) is 23.8 Å². The minimum absolute atomic E-state index is 0.297. The van der Waals surface area contributed by atoms with Crippen LogP contribution in [0.15, 0.2) is 30.3 Å². The first kappa shape index (κ1) is 18.3. The number of rotatable bonds is 5. The highest BCUT2D eigenvalue weighted by molar-refractivity contribution is 6.32. The van der Waals surface area contributed by atoms with Crippen LogP contribution in [0.25, 0.3) is 10.9 Å². The van der Waals surface area contributed by atoms with E-state index in [9.17, 15) is 4.79 Å². The van der Waals surface area contributed by atoms with Crippen molar-refractivity contribution in [2.24, 2.45) is 0 Å². The first-order chi connectivity index (χ1) is 12.4. The molecule has 0 amide bonds. The molecule has 136 valence electrons. The second kappa shape index (κ2) is 7.38. The number of fused-ring (bicyclic) bond motifs is 1. The zero-order chi connectivity index (χ0) is 18.8. The van der Waals surface area contributed by atoms with Crippen LogP contribution in [0.3, 0.4) is 0 Å². The van der Waals surface area contributed by atoms with E-state index in [1.165, 1.54) is 7.11 Å². The van der Waals surface area contributed by atoms with Crippen LogP contribution < -0.4 is 4.74 Å². The van der Waals surface area contributed by atoms with Crippen molar-refractivity contribution in [3.05, 3.63) is 58.0 Å². The Morgan fingerprint density at radius 1 is 1.27 bits per heavy atom. The maximum atomic E-state index is 11.7. The van der Waals surface area contributed by atoms with Crippen molar-refractivity contribution >= 4 is 28.5 Å². The van der Waals surface area contributed by atoms with E-state index in [1.54, 1.807) is 13.2 Å². The second-order valence-corrected chi connectivity index (χ2v) is 6.79. The molecule has 0 saturated carbocycles. The number of benzene rings is 1. The number of halogens is 1. The summed E-state index contributed by atoms with van der Waals surface area (Å²) in [6.45, 7) is 4.26. The van der Waals surface area contributed by atoms with Crippen molar-refractivity contribution in [2.75, 3.05) is 14.2 Å². The lowest BCUT2D eigenvalue weighted by Gasteiger charge is -2.09. The molecule has 0 saturated heterocycles. The molecule has 1 N–H and O–H groups in total. The molecule has 2 heterocycles. The van der Waals surface area contributed by atoms with Crippen molar-refractivity contribution in [1.82, 2.24) is 9.97 Å². The number of aromatic amines is 1. The molecule has 3 aromatic rings. The van der Waals surface area contributed by atoms with Gasteiger partial charge in [-0.05, 0) is 29.7 Å². The van der Waals surface area contributed by atoms with E-state index < -0.39 is 5.97 Å². The largest absolute Gasteiger partial charge is 0.495 e. The number of methoxy groups -OCH3 is 2. The Morgan fingerprint density at radius 3 is 2.69 bits per heavy atom. The number of hydrogen-bond donors (Lipinski definition) is 1. The predicted molar refractivity (Wildman–Crippen MR) is 102 cm³/mol. The first-order valence-corrected chi connectivity index (χ1v) is 8.74. The summed E-state index contributed by atoms with van der Waals surface area (Å²) in [5.41, 5.74) is 4.30. The molecule has 2 aromatic heterocycles. The minimum atomic E-state index is -0.442. The van der Waals surface area contributed by atoms with Gasteiger partial charge in [-0.1, -0.05) is 31.5 Å². The van der Waals surface area contributed by atoms with Gasteiger partial charge in [0.25, 0.3) is 0 Å². The van der Waals surface area contributed by atoms with Gasteiger partial charge in [0, 0.05) is 34.8 Å². The highest BCUT2D eigenvalue weighted by atomic mass is 35.5. The van der Waals surface area contributed by atoms with E-state index >= 15 is 0 Å². The molecule has 1 aromatic carbocycles. The molecule has 0 atom stereocenters. The maximum absolute atomic E-state index is 11.7. The number of H-pyrrole nitrogens is 1. The van der Waals surface area contributed by atoms with Gasteiger partial charge in [-0.3, -0.25) is 0 Å². The third kappa shape index (κ3) is 3.40. The Hall–Kier alpha value is -2.53. The summed E-state index contributed by atoms with van der Waals surface area (Å²) in [6.07, 6.45) is 0.584. The van der Waals surface area contributed by atoms with Crippen LogP contribution in [0.4, 0.5) is 0 Å². The molecule has 0 aliphatic rings. The van der Waals surface area contributed by atoms with Crippen LogP contribution in [0, 0.1) is 0 Å². The lowest BCUT2D eigenvalue weighted by atomic mass is 9.99. The maximum Gasteiger partial charge on any atom is 0.356 e. The van der Waals surface area contributed by atoms with Gasteiger partial charge in [-0.25, -0.2) is 9.78 Å². The van der Waals surface area contributed by atoms with E-state index in [0.717, 1.165) is 27.9 Å². The Labute approximate surface area is 157 Å². The number of nitrogens with one attached hydrogen (secondary N) is 1. The monoisotopic (exact) mass is 372 g/mol. The predicted octanol–water partition coefficient (Wildman–Crippen LogP) is 4.73.